The maximum Gasteiger partial charge on any atom is 0.265 e. The number of nitrogens with one attached hydrogen (secondary N) is 1. The molecular formula is C23H24N2O2. The second-order valence-electron chi connectivity index (χ2n) is 7.00. The first-order chi connectivity index (χ1) is 13.2. The third-order valence-corrected chi connectivity index (χ3v) is 5.01. The van der Waals surface area contributed by atoms with Gasteiger partial charge in [-0.05, 0) is 66.9 Å². The van der Waals surface area contributed by atoms with E-state index in [1.165, 1.54) is 18.5 Å². The van der Waals surface area contributed by atoms with E-state index in [1.807, 2.05) is 48.5 Å². The molecule has 138 valence electrons. The summed E-state index contributed by atoms with van der Waals surface area (Å²) >= 11 is 0. The van der Waals surface area contributed by atoms with Crippen LogP contribution in [0.1, 0.15) is 19.8 Å². The van der Waals surface area contributed by atoms with Crippen LogP contribution in [0.3, 0.4) is 0 Å². The molecule has 1 aliphatic rings. The van der Waals surface area contributed by atoms with Crippen molar-refractivity contribution in [3.63, 3.8) is 0 Å². The minimum atomic E-state index is -0.579. The largest absolute Gasteiger partial charge is 0.481 e. The predicted molar refractivity (Wildman–Crippen MR) is 111 cm³/mol. The Bertz CT molecular complexity index is 931. The first kappa shape index (κ1) is 17.4. The van der Waals surface area contributed by atoms with Gasteiger partial charge >= 0.3 is 0 Å². The van der Waals surface area contributed by atoms with Crippen molar-refractivity contribution in [3.05, 3.63) is 66.7 Å². The van der Waals surface area contributed by atoms with E-state index in [2.05, 4.69) is 28.4 Å². The number of carbonyl (C=O) groups excluding carboxylic acids is 1. The van der Waals surface area contributed by atoms with Crippen molar-refractivity contribution < 1.29 is 9.53 Å². The molecule has 1 N–H and O–H groups in total. The molecular weight excluding hydrogens is 336 g/mol. The van der Waals surface area contributed by atoms with Crippen LogP contribution in [0.5, 0.6) is 5.75 Å². The number of carbonyl (C=O) groups is 1. The third-order valence-electron chi connectivity index (χ3n) is 5.01. The van der Waals surface area contributed by atoms with Crippen molar-refractivity contribution >= 4 is 28.1 Å². The monoisotopic (exact) mass is 360 g/mol. The zero-order valence-corrected chi connectivity index (χ0v) is 15.5. The van der Waals surface area contributed by atoms with Crippen LogP contribution in [0, 0.1) is 0 Å². The van der Waals surface area contributed by atoms with Crippen molar-refractivity contribution in [1.82, 2.24) is 0 Å². The van der Waals surface area contributed by atoms with Crippen LogP contribution in [-0.4, -0.2) is 25.1 Å². The van der Waals surface area contributed by atoms with Crippen molar-refractivity contribution in [2.75, 3.05) is 23.3 Å². The minimum Gasteiger partial charge on any atom is -0.481 e. The molecule has 1 heterocycles. The van der Waals surface area contributed by atoms with E-state index in [4.69, 9.17) is 4.74 Å². The number of ether oxygens (including phenoxy) is 1. The van der Waals surface area contributed by atoms with Crippen LogP contribution in [0.25, 0.3) is 10.8 Å². The molecule has 0 unspecified atom stereocenters. The van der Waals surface area contributed by atoms with Crippen LogP contribution in [0.15, 0.2) is 66.7 Å². The van der Waals surface area contributed by atoms with Crippen LogP contribution in [-0.2, 0) is 4.79 Å². The lowest BCUT2D eigenvalue weighted by Crippen LogP contribution is -2.30. The van der Waals surface area contributed by atoms with E-state index in [9.17, 15) is 4.79 Å². The van der Waals surface area contributed by atoms with Gasteiger partial charge in [0, 0.05) is 24.5 Å². The lowest BCUT2D eigenvalue weighted by Gasteiger charge is -2.18. The van der Waals surface area contributed by atoms with Crippen molar-refractivity contribution in [1.29, 1.82) is 0 Å². The highest BCUT2D eigenvalue weighted by molar-refractivity contribution is 5.94. The van der Waals surface area contributed by atoms with Gasteiger partial charge in [-0.2, -0.15) is 0 Å². The Labute approximate surface area is 159 Å². The SMILES string of the molecule is C[C@@H](Oc1ccc2ccccc2c1)C(=O)Nc1ccc(N2CCCC2)cc1. The van der Waals surface area contributed by atoms with E-state index >= 15 is 0 Å². The minimum absolute atomic E-state index is 0.155. The molecule has 3 aromatic carbocycles. The molecule has 3 aromatic rings. The molecule has 0 aliphatic carbocycles. The van der Waals surface area contributed by atoms with Gasteiger partial charge in [-0.25, -0.2) is 0 Å². The lowest BCUT2D eigenvalue weighted by atomic mass is 10.1. The highest BCUT2D eigenvalue weighted by Gasteiger charge is 2.16. The van der Waals surface area contributed by atoms with Gasteiger partial charge in [-0.15, -0.1) is 0 Å². The molecule has 4 nitrogen and oxygen atoms in total. The Balaban J connectivity index is 1.38. The maximum absolute atomic E-state index is 12.5. The third kappa shape index (κ3) is 4.05. The summed E-state index contributed by atoms with van der Waals surface area (Å²) in [7, 11) is 0. The van der Waals surface area contributed by atoms with Gasteiger partial charge < -0.3 is 15.0 Å². The van der Waals surface area contributed by atoms with E-state index in [0.29, 0.717) is 5.75 Å². The summed E-state index contributed by atoms with van der Waals surface area (Å²) in [6, 6.07) is 22.0. The van der Waals surface area contributed by atoms with Crippen LogP contribution < -0.4 is 15.0 Å². The van der Waals surface area contributed by atoms with Gasteiger partial charge in [0.1, 0.15) is 5.75 Å². The molecule has 27 heavy (non-hydrogen) atoms. The van der Waals surface area contributed by atoms with E-state index in [0.717, 1.165) is 29.5 Å². The Morgan fingerprint density at radius 1 is 0.963 bits per heavy atom. The predicted octanol–water partition coefficient (Wildman–Crippen LogP) is 4.85. The quantitative estimate of drug-likeness (QED) is 0.707. The van der Waals surface area contributed by atoms with Gasteiger partial charge in [0.05, 0.1) is 0 Å². The molecule has 4 rings (SSSR count). The smallest absolute Gasteiger partial charge is 0.265 e. The number of hydrogen-bond acceptors (Lipinski definition) is 3. The second kappa shape index (κ2) is 7.70. The number of anilines is 2. The Morgan fingerprint density at radius 3 is 2.41 bits per heavy atom. The molecule has 1 aliphatic heterocycles. The molecule has 1 amide bonds. The topological polar surface area (TPSA) is 41.6 Å². The number of fused-ring (bicyclic) bond motifs is 1. The average molecular weight is 360 g/mol. The molecule has 1 atom stereocenters. The fourth-order valence-corrected chi connectivity index (χ4v) is 3.47. The molecule has 0 saturated carbocycles. The van der Waals surface area contributed by atoms with E-state index < -0.39 is 6.10 Å². The van der Waals surface area contributed by atoms with Crippen molar-refractivity contribution in [2.45, 2.75) is 25.9 Å². The van der Waals surface area contributed by atoms with E-state index in [1.54, 1.807) is 6.92 Å². The maximum atomic E-state index is 12.5. The van der Waals surface area contributed by atoms with Crippen LogP contribution in [0.2, 0.25) is 0 Å². The standard InChI is InChI=1S/C23H24N2O2/c1-17(27-22-13-8-18-6-2-3-7-19(18)16-22)23(26)24-20-9-11-21(12-10-20)25-14-4-5-15-25/h2-3,6-13,16-17H,4-5,14-15H2,1H3,(H,24,26)/t17-/m1/s1. The summed E-state index contributed by atoms with van der Waals surface area (Å²) in [4.78, 5) is 14.8. The molecule has 0 spiro atoms. The highest BCUT2D eigenvalue weighted by atomic mass is 16.5. The number of benzene rings is 3. The Morgan fingerprint density at radius 2 is 1.67 bits per heavy atom. The van der Waals surface area contributed by atoms with E-state index in [-0.39, 0.29) is 5.91 Å². The normalized spacial score (nSPS) is 14.9. The molecule has 0 bridgehead atoms. The first-order valence-corrected chi connectivity index (χ1v) is 9.50. The zero-order valence-electron chi connectivity index (χ0n) is 15.5. The summed E-state index contributed by atoms with van der Waals surface area (Å²) in [6.45, 7) is 3.99. The Kier molecular flexibility index (Phi) is 4.97. The van der Waals surface area contributed by atoms with Crippen LogP contribution in [0.4, 0.5) is 11.4 Å². The zero-order chi connectivity index (χ0) is 18.6. The number of amides is 1. The summed E-state index contributed by atoms with van der Waals surface area (Å²) < 4.78 is 5.84. The summed E-state index contributed by atoms with van der Waals surface area (Å²) in [5.41, 5.74) is 2.00. The van der Waals surface area contributed by atoms with Gasteiger partial charge in [0.25, 0.3) is 5.91 Å². The van der Waals surface area contributed by atoms with Gasteiger partial charge in [0.15, 0.2) is 6.10 Å². The molecule has 0 radical (unpaired) electrons. The molecule has 4 heteroatoms. The van der Waals surface area contributed by atoms with Gasteiger partial charge in [0.2, 0.25) is 0 Å². The summed E-state index contributed by atoms with van der Waals surface area (Å²) in [6.07, 6.45) is 1.92. The second-order valence-corrected chi connectivity index (χ2v) is 7.00. The number of rotatable bonds is 5. The number of hydrogen-bond donors (Lipinski definition) is 1. The van der Waals surface area contributed by atoms with Gasteiger partial charge in [-0.1, -0.05) is 30.3 Å². The summed E-state index contributed by atoms with van der Waals surface area (Å²) in [5, 5.41) is 5.18. The fourth-order valence-electron chi connectivity index (χ4n) is 3.47. The van der Waals surface area contributed by atoms with Crippen molar-refractivity contribution in [3.8, 4) is 5.75 Å². The van der Waals surface area contributed by atoms with Gasteiger partial charge in [-0.3, -0.25) is 4.79 Å². The lowest BCUT2D eigenvalue weighted by molar-refractivity contribution is -0.122. The highest BCUT2D eigenvalue weighted by Crippen LogP contribution is 2.23. The van der Waals surface area contributed by atoms with Crippen molar-refractivity contribution in [2.24, 2.45) is 0 Å². The first-order valence-electron chi connectivity index (χ1n) is 9.50. The Hall–Kier alpha value is -3.01. The molecule has 1 fully saturated rings. The van der Waals surface area contributed by atoms with Crippen LogP contribution >= 0.6 is 0 Å². The summed E-state index contributed by atoms with van der Waals surface area (Å²) in [5.74, 6) is 0.540. The number of nitrogens with zero attached hydrogens (tertiary/aromatic N) is 1. The molecule has 1 saturated heterocycles. The molecule has 0 aromatic heterocycles. The average Bonchev–Trinajstić information content (AvgIpc) is 3.23. The fraction of sp³-hybridized carbons (Fsp3) is 0.261.